The number of imidazole rings is 1. The number of anilines is 2. The molecule has 286 valence electrons. The Morgan fingerprint density at radius 1 is 0.833 bits per heavy atom. The number of benzene rings is 2. The summed E-state index contributed by atoms with van der Waals surface area (Å²) in [7, 11) is -5.09. The summed E-state index contributed by atoms with van der Waals surface area (Å²) >= 11 is 0. The number of phosphoric ester groups is 1. The number of phosphoric acid groups is 1. The number of nitrogens with one attached hydrogen (secondary N) is 1. The first-order valence-corrected chi connectivity index (χ1v) is 18.0. The van der Waals surface area contributed by atoms with Crippen LogP contribution >= 0.6 is 7.82 Å². The average Bonchev–Trinajstić information content (AvgIpc) is 3.82. The molecular formula is C32H36N9O12P. The summed E-state index contributed by atoms with van der Waals surface area (Å²) in [6.07, 6.45) is -8.11. The molecule has 5 aromatic rings. The molecule has 0 radical (unpaired) electrons. The van der Waals surface area contributed by atoms with Crippen LogP contribution in [0, 0.1) is 0 Å². The summed E-state index contributed by atoms with van der Waals surface area (Å²) in [6, 6.07) is 18.0. The molecule has 7 rings (SSSR count). The van der Waals surface area contributed by atoms with Crippen molar-refractivity contribution in [1.82, 2.24) is 34.1 Å². The summed E-state index contributed by atoms with van der Waals surface area (Å²) in [4.78, 5) is 54.4. The van der Waals surface area contributed by atoms with Crippen LogP contribution < -0.4 is 22.7 Å². The van der Waals surface area contributed by atoms with E-state index < -0.39 is 81.4 Å². The number of nitrogens with two attached hydrogens (primary N) is 2. The maximum Gasteiger partial charge on any atom is 0.472 e. The Balaban J connectivity index is 1.11. The molecule has 2 saturated heterocycles. The molecule has 8 N–H and O–H groups in total. The van der Waals surface area contributed by atoms with Gasteiger partial charge in [0, 0.05) is 0 Å². The maximum absolute atomic E-state index is 13.6. The van der Waals surface area contributed by atoms with Crippen LogP contribution in [-0.4, -0.2) is 99.0 Å². The molecule has 22 heteroatoms. The fourth-order valence-corrected chi connectivity index (χ4v) is 7.15. The number of aliphatic hydroxyl groups is 2. The highest BCUT2D eigenvalue weighted by atomic mass is 31.2. The SMILES string of the molecule is Nc1ncn([C@@H]2O[C@H](COP(=O)(O)O[C@@H]3C(OCc4ccccc4)[C@H](n4cnc5c(=O)[nH]c(N)nc54)O[C@@H]3CO)[C@H](O)C2OCc2ccccc2)c(=O)n1. The van der Waals surface area contributed by atoms with Crippen molar-refractivity contribution < 1.29 is 47.7 Å². The molecule has 54 heavy (non-hydrogen) atoms. The van der Waals surface area contributed by atoms with Crippen LogP contribution in [0.1, 0.15) is 23.6 Å². The smallest absolute Gasteiger partial charge is 0.394 e. The van der Waals surface area contributed by atoms with Gasteiger partial charge in [-0.05, 0) is 11.1 Å². The molecule has 0 aliphatic carbocycles. The minimum absolute atomic E-state index is 0.0145. The van der Waals surface area contributed by atoms with Crippen LogP contribution in [0.2, 0.25) is 0 Å². The van der Waals surface area contributed by atoms with E-state index in [0.29, 0.717) is 0 Å². The zero-order valence-corrected chi connectivity index (χ0v) is 29.1. The van der Waals surface area contributed by atoms with Crippen molar-refractivity contribution >= 4 is 30.9 Å². The van der Waals surface area contributed by atoms with E-state index in [9.17, 15) is 29.3 Å². The lowest BCUT2D eigenvalue weighted by atomic mass is 10.1. The second kappa shape index (κ2) is 15.8. The van der Waals surface area contributed by atoms with Crippen LogP contribution in [-0.2, 0) is 45.8 Å². The highest BCUT2D eigenvalue weighted by Gasteiger charge is 2.52. The number of fused-ring (bicyclic) bond motifs is 1. The fourth-order valence-electron chi connectivity index (χ4n) is 6.19. The second-order valence-corrected chi connectivity index (χ2v) is 13.7. The minimum Gasteiger partial charge on any atom is -0.394 e. The van der Waals surface area contributed by atoms with E-state index in [4.69, 9.17) is 39.5 Å². The van der Waals surface area contributed by atoms with Crippen molar-refractivity contribution in [3.8, 4) is 0 Å². The monoisotopic (exact) mass is 769 g/mol. The van der Waals surface area contributed by atoms with Gasteiger partial charge in [-0.3, -0.25) is 28.0 Å². The van der Waals surface area contributed by atoms with E-state index in [2.05, 4.69) is 24.9 Å². The van der Waals surface area contributed by atoms with Gasteiger partial charge in [-0.25, -0.2) is 19.3 Å². The van der Waals surface area contributed by atoms with E-state index >= 15 is 0 Å². The van der Waals surface area contributed by atoms with Gasteiger partial charge in [0.1, 0.15) is 43.0 Å². The largest absolute Gasteiger partial charge is 0.472 e. The van der Waals surface area contributed by atoms with Crippen molar-refractivity contribution in [3.05, 3.63) is 105 Å². The van der Waals surface area contributed by atoms with Crippen molar-refractivity contribution in [3.63, 3.8) is 0 Å². The molecule has 0 spiro atoms. The molecule has 3 unspecified atom stereocenters. The van der Waals surface area contributed by atoms with Crippen LogP contribution in [0.5, 0.6) is 0 Å². The number of hydrogen-bond donors (Lipinski definition) is 6. The van der Waals surface area contributed by atoms with E-state index in [1.165, 1.54) is 10.9 Å². The van der Waals surface area contributed by atoms with Crippen LogP contribution in [0.15, 0.2) is 82.9 Å². The highest BCUT2D eigenvalue weighted by molar-refractivity contribution is 7.47. The van der Waals surface area contributed by atoms with Gasteiger partial charge in [-0.15, -0.1) is 0 Å². The summed E-state index contributed by atoms with van der Waals surface area (Å²) in [6.45, 7) is -1.43. The van der Waals surface area contributed by atoms with Gasteiger partial charge in [0.2, 0.25) is 11.9 Å². The standard InChI is InChI=1S/C32H36N9O12P/c33-30-36-16-41(32(45)39-30)28-24(48-12-17-7-3-1-4-8-17)22(43)20(52-28)14-50-54(46,47)53-23-19(11-42)51-29(25(23)49-13-18-9-5-2-6-10-18)40-15-35-21-26(40)37-31(34)38-27(21)44/h1-10,15-16,19-20,22-25,28-29,42-43H,11-14H2,(H,46,47)(H2,33,39,45)(H3,34,37,38,44)/t19-,20-,22+,23+,24?,25?,28-,29-/m1/s1. The average molecular weight is 770 g/mol. The molecular weight excluding hydrogens is 733 g/mol. The lowest BCUT2D eigenvalue weighted by molar-refractivity contribution is -0.0821. The Bertz CT molecular complexity index is 2230. The number of nitrogen functional groups attached to an aromatic ring is 2. The first-order chi connectivity index (χ1) is 26.0. The summed E-state index contributed by atoms with van der Waals surface area (Å²) in [5.74, 6) is -0.482. The number of nitrogens with zero attached hydrogens (tertiary/aromatic N) is 6. The summed E-state index contributed by atoms with van der Waals surface area (Å²) in [5, 5.41) is 21.6. The number of H-pyrrole nitrogens is 1. The number of rotatable bonds is 14. The second-order valence-electron chi connectivity index (χ2n) is 12.3. The van der Waals surface area contributed by atoms with Gasteiger partial charge in [-0.2, -0.15) is 9.97 Å². The lowest BCUT2D eigenvalue weighted by Gasteiger charge is -2.26. The van der Waals surface area contributed by atoms with E-state index in [1.54, 1.807) is 48.5 Å². The Labute approximate surface area is 304 Å². The van der Waals surface area contributed by atoms with Gasteiger partial charge in [0.15, 0.2) is 23.6 Å². The van der Waals surface area contributed by atoms with Crippen molar-refractivity contribution in [2.45, 2.75) is 62.3 Å². The number of aromatic amines is 1. The first-order valence-electron chi connectivity index (χ1n) is 16.5. The van der Waals surface area contributed by atoms with Gasteiger partial charge in [0.25, 0.3) is 5.56 Å². The van der Waals surface area contributed by atoms with Crippen LogP contribution in [0.25, 0.3) is 11.2 Å². The number of ether oxygens (including phenoxy) is 4. The predicted octanol–water partition coefficient (Wildman–Crippen LogP) is -0.243. The van der Waals surface area contributed by atoms with Crippen molar-refractivity contribution in [2.24, 2.45) is 0 Å². The molecule has 9 atom stereocenters. The molecule has 21 nitrogen and oxygen atoms in total. The zero-order valence-electron chi connectivity index (χ0n) is 28.2. The van der Waals surface area contributed by atoms with Crippen molar-refractivity contribution in [2.75, 3.05) is 24.7 Å². The molecule has 0 amide bonds. The molecule has 0 saturated carbocycles. The first kappa shape index (κ1) is 37.4. The van der Waals surface area contributed by atoms with Crippen molar-refractivity contribution in [1.29, 1.82) is 0 Å². The zero-order chi connectivity index (χ0) is 38.0. The van der Waals surface area contributed by atoms with E-state index in [0.717, 1.165) is 22.0 Å². The molecule has 3 aromatic heterocycles. The summed E-state index contributed by atoms with van der Waals surface area (Å²) in [5.41, 5.74) is 11.3. The van der Waals surface area contributed by atoms with Gasteiger partial charge in [0.05, 0.1) is 32.8 Å². The number of aliphatic hydroxyl groups excluding tert-OH is 2. The molecule has 2 aromatic carbocycles. The normalized spacial score (nSPS) is 26.6. The quantitative estimate of drug-likeness (QED) is 0.0794. The lowest BCUT2D eigenvalue weighted by Crippen LogP contribution is -2.39. The molecule has 5 heterocycles. The highest BCUT2D eigenvalue weighted by Crippen LogP contribution is 2.50. The van der Waals surface area contributed by atoms with E-state index in [1.807, 2.05) is 12.1 Å². The fraction of sp³-hybridized carbons (Fsp3) is 0.375. The summed E-state index contributed by atoms with van der Waals surface area (Å²) < 4.78 is 51.1. The van der Waals surface area contributed by atoms with Gasteiger partial charge in [-0.1, -0.05) is 60.7 Å². The third-order valence-corrected chi connectivity index (χ3v) is 9.74. The Hall–Kier alpha value is -4.93. The molecule has 2 fully saturated rings. The van der Waals surface area contributed by atoms with Gasteiger partial charge < -0.3 is 45.5 Å². The van der Waals surface area contributed by atoms with Gasteiger partial charge >= 0.3 is 13.5 Å². The third kappa shape index (κ3) is 7.95. The molecule has 2 aliphatic rings. The Morgan fingerprint density at radius 3 is 2.09 bits per heavy atom. The molecule has 2 aliphatic heterocycles. The number of aromatic nitrogens is 7. The molecule has 0 bridgehead atoms. The maximum atomic E-state index is 13.6. The van der Waals surface area contributed by atoms with Crippen LogP contribution in [0.3, 0.4) is 0 Å². The third-order valence-electron chi connectivity index (χ3n) is 8.75. The number of hydrogen-bond acceptors (Lipinski definition) is 17. The topological polar surface area (TPSA) is 297 Å². The van der Waals surface area contributed by atoms with E-state index in [-0.39, 0.29) is 36.3 Å². The predicted molar refractivity (Wildman–Crippen MR) is 185 cm³/mol. The Morgan fingerprint density at radius 2 is 1.44 bits per heavy atom. The minimum atomic E-state index is -5.09. The van der Waals surface area contributed by atoms with Crippen LogP contribution in [0.4, 0.5) is 11.9 Å². The Kier molecular flexibility index (Phi) is 10.9.